The molecule has 5 nitrogen and oxygen atoms in total. The minimum Gasteiger partial charge on any atom is -0.337 e. The number of nitrogens with zero attached hydrogens (tertiary/aromatic N) is 3. The third-order valence-electron chi connectivity index (χ3n) is 4.26. The Balaban J connectivity index is 1.56. The van der Waals surface area contributed by atoms with E-state index in [1.54, 1.807) is 6.20 Å². The number of H-pyrrole nitrogens is 1. The van der Waals surface area contributed by atoms with Crippen LogP contribution >= 0.6 is 0 Å². The van der Waals surface area contributed by atoms with Gasteiger partial charge in [-0.1, -0.05) is 24.3 Å². The minimum absolute atomic E-state index is 0.00719. The van der Waals surface area contributed by atoms with Gasteiger partial charge in [-0.15, -0.1) is 0 Å². The van der Waals surface area contributed by atoms with Crippen LogP contribution in [0.2, 0.25) is 0 Å². The summed E-state index contributed by atoms with van der Waals surface area (Å²) in [5, 5.41) is 8.04. The van der Waals surface area contributed by atoms with Gasteiger partial charge in [0, 0.05) is 36.3 Å². The van der Waals surface area contributed by atoms with Gasteiger partial charge in [-0.05, 0) is 24.6 Å². The number of hydrogen-bond donors (Lipinski definition) is 1. The average Bonchev–Trinajstić information content (AvgIpc) is 3.24. The first kappa shape index (κ1) is 13.0. The highest BCUT2D eigenvalue weighted by Crippen LogP contribution is 2.26. The number of rotatable bonds is 2. The molecule has 1 aromatic carbocycles. The maximum atomic E-state index is 12.6. The van der Waals surface area contributed by atoms with Crippen LogP contribution in [0.5, 0.6) is 0 Å². The van der Waals surface area contributed by atoms with Gasteiger partial charge in [-0.25, -0.2) is 4.98 Å². The Morgan fingerprint density at radius 1 is 1.18 bits per heavy atom. The molecule has 110 valence electrons. The molecule has 0 saturated carbocycles. The molecule has 1 fully saturated rings. The summed E-state index contributed by atoms with van der Waals surface area (Å²) >= 11 is 0. The highest BCUT2D eigenvalue weighted by molar-refractivity contribution is 5.95. The minimum atomic E-state index is 0.00719. The maximum absolute atomic E-state index is 12.6. The average molecular weight is 292 g/mol. The second-order valence-electron chi connectivity index (χ2n) is 5.64. The number of amides is 1. The monoisotopic (exact) mass is 292 g/mol. The van der Waals surface area contributed by atoms with Gasteiger partial charge in [0.1, 0.15) is 5.69 Å². The summed E-state index contributed by atoms with van der Waals surface area (Å²) < 4.78 is 0. The first-order valence-corrected chi connectivity index (χ1v) is 7.45. The fraction of sp³-hybridized carbons (Fsp3) is 0.235. The number of pyridine rings is 1. The number of likely N-dealkylation sites (tertiary alicyclic amines) is 1. The zero-order valence-corrected chi connectivity index (χ0v) is 12.1. The van der Waals surface area contributed by atoms with Gasteiger partial charge in [0.15, 0.2) is 0 Å². The van der Waals surface area contributed by atoms with E-state index < -0.39 is 0 Å². The van der Waals surface area contributed by atoms with Gasteiger partial charge < -0.3 is 4.90 Å². The maximum Gasteiger partial charge on any atom is 0.272 e. The summed E-state index contributed by atoms with van der Waals surface area (Å²) in [6.45, 7) is 1.48. The van der Waals surface area contributed by atoms with Crippen LogP contribution in [-0.4, -0.2) is 39.1 Å². The van der Waals surface area contributed by atoms with Gasteiger partial charge in [-0.3, -0.25) is 9.89 Å². The molecular weight excluding hydrogens is 276 g/mol. The summed E-state index contributed by atoms with van der Waals surface area (Å²) in [5.74, 6) is 0.347. The zero-order valence-electron chi connectivity index (χ0n) is 12.1. The first-order chi connectivity index (χ1) is 10.8. The molecule has 1 aliphatic heterocycles. The standard InChI is InChI=1S/C17H16N4O/c22-17(16-6-5-12-3-1-2-4-14(12)19-16)21-10-8-13(11-21)15-7-9-18-20-15/h1-7,9,13H,8,10-11H2,(H,18,20). The summed E-state index contributed by atoms with van der Waals surface area (Å²) in [5.41, 5.74) is 2.48. The highest BCUT2D eigenvalue weighted by atomic mass is 16.2. The molecule has 0 aliphatic carbocycles. The summed E-state index contributed by atoms with van der Waals surface area (Å²) in [6, 6.07) is 13.6. The van der Waals surface area contributed by atoms with Crippen LogP contribution < -0.4 is 0 Å². The van der Waals surface area contributed by atoms with E-state index >= 15 is 0 Å². The van der Waals surface area contributed by atoms with E-state index in [1.807, 2.05) is 47.4 Å². The largest absolute Gasteiger partial charge is 0.337 e. The number of carbonyl (C=O) groups is 1. The third kappa shape index (κ3) is 2.24. The van der Waals surface area contributed by atoms with E-state index in [4.69, 9.17) is 0 Å². The van der Waals surface area contributed by atoms with Crippen molar-refractivity contribution in [2.45, 2.75) is 12.3 Å². The predicted molar refractivity (Wildman–Crippen MR) is 83.6 cm³/mol. The van der Waals surface area contributed by atoms with Crippen molar-refractivity contribution in [3.8, 4) is 0 Å². The fourth-order valence-electron chi connectivity index (χ4n) is 3.04. The summed E-state index contributed by atoms with van der Waals surface area (Å²) in [6.07, 6.45) is 2.71. The molecule has 1 N–H and O–H groups in total. The lowest BCUT2D eigenvalue weighted by atomic mass is 10.1. The number of aromatic nitrogens is 3. The van der Waals surface area contributed by atoms with E-state index in [-0.39, 0.29) is 5.91 Å². The smallest absolute Gasteiger partial charge is 0.272 e. The van der Waals surface area contributed by atoms with Crippen molar-refractivity contribution >= 4 is 16.8 Å². The van der Waals surface area contributed by atoms with Gasteiger partial charge in [0.05, 0.1) is 5.52 Å². The van der Waals surface area contributed by atoms with Gasteiger partial charge in [0.2, 0.25) is 0 Å². The first-order valence-electron chi connectivity index (χ1n) is 7.45. The molecule has 3 aromatic rings. The fourth-order valence-corrected chi connectivity index (χ4v) is 3.04. The zero-order chi connectivity index (χ0) is 14.9. The Hall–Kier alpha value is -2.69. The Bertz CT molecular complexity index is 812. The van der Waals surface area contributed by atoms with Gasteiger partial charge in [0.25, 0.3) is 5.91 Å². The second kappa shape index (κ2) is 5.26. The quantitative estimate of drug-likeness (QED) is 0.789. The molecule has 22 heavy (non-hydrogen) atoms. The summed E-state index contributed by atoms with van der Waals surface area (Å²) in [7, 11) is 0. The van der Waals surface area contributed by atoms with Crippen molar-refractivity contribution in [2.24, 2.45) is 0 Å². The Labute approximate surface area is 128 Å². The number of fused-ring (bicyclic) bond motifs is 1. The molecule has 0 spiro atoms. The highest BCUT2D eigenvalue weighted by Gasteiger charge is 2.29. The second-order valence-corrected chi connectivity index (χ2v) is 5.64. The molecule has 1 amide bonds. The van der Waals surface area contributed by atoms with Crippen LogP contribution in [0.3, 0.4) is 0 Å². The van der Waals surface area contributed by atoms with Gasteiger partial charge in [-0.2, -0.15) is 5.10 Å². The number of carbonyl (C=O) groups excluding carboxylic acids is 1. The van der Waals surface area contributed by atoms with Crippen molar-refractivity contribution in [3.63, 3.8) is 0 Å². The van der Waals surface area contributed by atoms with E-state index in [0.29, 0.717) is 11.6 Å². The lowest BCUT2D eigenvalue weighted by Gasteiger charge is -2.16. The molecule has 1 saturated heterocycles. The van der Waals surface area contributed by atoms with Crippen molar-refractivity contribution in [1.82, 2.24) is 20.1 Å². The van der Waals surface area contributed by atoms with Crippen LogP contribution in [0.4, 0.5) is 0 Å². The SMILES string of the molecule is O=C(c1ccc2ccccc2n1)N1CCC(c2ccn[nH]2)C1. The Morgan fingerprint density at radius 3 is 2.95 bits per heavy atom. The Morgan fingerprint density at radius 2 is 2.09 bits per heavy atom. The molecule has 4 rings (SSSR count). The number of hydrogen-bond acceptors (Lipinski definition) is 3. The molecule has 3 heterocycles. The van der Waals surface area contributed by atoms with Crippen molar-refractivity contribution in [2.75, 3.05) is 13.1 Å². The van der Waals surface area contributed by atoms with Crippen molar-refractivity contribution < 1.29 is 4.79 Å². The number of para-hydroxylation sites is 1. The molecule has 1 unspecified atom stereocenters. The van der Waals surface area contributed by atoms with Crippen LogP contribution in [0.15, 0.2) is 48.7 Å². The topological polar surface area (TPSA) is 61.9 Å². The lowest BCUT2D eigenvalue weighted by Crippen LogP contribution is -2.29. The van der Waals surface area contributed by atoms with E-state index in [9.17, 15) is 4.79 Å². The molecule has 1 aliphatic rings. The molecule has 1 atom stereocenters. The Kier molecular flexibility index (Phi) is 3.11. The van der Waals surface area contributed by atoms with E-state index in [0.717, 1.165) is 36.1 Å². The van der Waals surface area contributed by atoms with E-state index in [1.165, 1.54) is 0 Å². The van der Waals surface area contributed by atoms with Crippen LogP contribution in [0.25, 0.3) is 10.9 Å². The van der Waals surface area contributed by atoms with Gasteiger partial charge >= 0.3 is 0 Å². The van der Waals surface area contributed by atoms with Crippen molar-refractivity contribution in [3.05, 3.63) is 60.0 Å². The normalized spacial score (nSPS) is 18.0. The molecule has 0 radical (unpaired) electrons. The van der Waals surface area contributed by atoms with E-state index in [2.05, 4.69) is 15.2 Å². The number of aromatic amines is 1. The molecule has 5 heteroatoms. The van der Waals surface area contributed by atoms with Crippen LogP contribution in [-0.2, 0) is 0 Å². The summed E-state index contributed by atoms with van der Waals surface area (Å²) in [4.78, 5) is 19.0. The molecular formula is C17H16N4O. The lowest BCUT2D eigenvalue weighted by molar-refractivity contribution is 0.0785. The van der Waals surface area contributed by atoms with Crippen LogP contribution in [0, 0.1) is 0 Å². The predicted octanol–water partition coefficient (Wildman–Crippen LogP) is 2.59. The third-order valence-corrected chi connectivity index (χ3v) is 4.26. The molecule has 2 aromatic heterocycles. The van der Waals surface area contributed by atoms with Crippen molar-refractivity contribution in [1.29, 1.82) is 0 Å². The number of nitrogens with one attached hydrogen (secondary N) is 1. The molecule has 0 bridgehead atoms. The van der Waals surface area contributed by atoms with Crippen LogP contribution in [0.1, 0.15) is 28.5 Å². The number of benzene rings is 1.